The van der Waals surface area contributed by atoms with Crippen LogP contribution in [0.4, 0.5) is 0 Å². The van der Waals surface area contributed by atoms with Gasteiger partial charge in [0.15, 0.2) is 0 Å². The van der Waals surface area contributed by atoms with Crippen LogP contribution in [0, 0.1) is 17.3 Å². The van der Waals surface area contributed by atoms with E-state index in [1.165, 1.54) is 0 Å². The molecular formula is C27H35ClN2O3. The Balaban J connectivity index is 1.65. The maximum absolute atomic E-state index is 13.5. The Kier molecular flexibility index (Phi) is 7.86. The third-order valence-electron chi connectivity index (χ3n) is 6.93. The van der Waals surface area contributed by atoms with Crippen LogP contribution in [0.15, 0.2) is 54.6 Å². The molecule has 2 aromatic carbocycles. The van der Waals surface area contributed by atoms with E-state index in [1.54, 1.807) is 12.1 Å². The molecule has 33 heavy (non-hydrogen) atoms. The first-order chi connectivity index (χ1) is 15.5. The van der Waals surface area contributed by atoms with Crippen molar-refractivity contribution in [1.82, 2.24) is 10.2 Å². The fourth-order valence-electron chi connectivity index (χ4n) is 4.68. The molecule has 3 rings (SSSR count). The Morgan fingerprint density at radius 1 is 1.09 bits per heavy atom. The van der Waals surface area contributed by atoms with E-state index in [-0.39, 0.29) is 23.7 Å². The van der Waals surface area contributed by atoms with Crippen LogP contribution in [-0.2, 0) is 21.6 Å². The zero-order valence-electron chi connectivity index (χ0n) is 20.0. The first-order valence-corrected chi connectivity index (χ1v) is 12.0. The second-order valence-corrected chi connectivity index (χ2v) is 10.5. The molecule has 0 radical (unpaired) electrons. The first kappa shape index (κ1) is 25.3. The smallest absolute Gasteiger partial charge is 0.227 e. The van der Waals surface area contributed by atoms with E-state index in [2.05, 4.69) is 5.32 Å². The number of benzene rings is 2. The van der Waals surface area contributed by atoms with E-state index in [1.807, 2.05) is 75.1 Å². The number of piperidine rings is 1. The average Bonchev–Trinajstić information content (AvgIpc) is 2.76. The Morgan fingerprint density at radius 3 is 2.30 bits per heavy atom. The highest BCUT2D eigenvalue weighted by Gasteiger charge is 2.50. The van der Waals surface area contributed by atoms with Crippen molar-refractivity contribution in [1.29, 1.82) is 0 Å². The molecular weight excluding hydrogens is 436 g/mol. The second-order valence-electron chi connectivity index (χ2n) is 10.1. The normalized spacial score (nSPS) is 21.0. The molecule has 1 heterocycles. The summed E-state index contributed by atoms with van der Waals surface area (Å²) >= 11 is 6.03. The largest absolute Gasteiger partial charge is 0.384 e. The maximum atomic E-state index is 13.5. The summed E-state index contributed by atoms with van der Waals surface area (Å²) < 4.78 is 0. The molecule has 0 aromatic heterocycles. The monoisotopic (exact) mass is 470 g/mol. The summed E-state index contributed by atoms with van der Waals surface area (Å²) in [5.74, 6) is -0.302. The van der Waals surface area contributed by atoms with Gasteiger partial charge in [0.1, 0.15) is 0 Å². The Morgan fingerprint density at radius 2 is 1.73 bits per heavy atom. The lowest BCUT2D eigenvalue weighted by atomic mass is 9.66. The van der Waals surface area contributed by atoms with E-state index in [9.17, 15) is 14.7 Å². The molecule has 5 nitrogen and oxygen atoms in total. The van der Waals surface area contributed by atoms with E-state index < -0.39 is 11.0 Å². The molecule has 0 unspecified atom stereocenters. The van der Waals surface area contributed by atoms with Crippen molar-refractivity contribution < 1.29 is 14.7 Å². The molecule has 2 atom stereocenters. The molecule has 2 aromatic rings. The minimum Gasteiger partial charge on any atom is -0.384 e. The summed E-state index contributed by atoms with van der Waals surface area (Å²) in [6.45, 7) is 9.20. The van der Waals surface area contributed by atoms with E-state index in [0.29, 0.717) is 37.5 Å². The van der Waals surface area contributed by atoms with E-state index in [4.69, 9.17) is 11.6 Å². The van der Waals surface area contributed by atoms with Crippen LogP contribution in [-0.4, -0.2) is 41.5 Å². The van der Waals surface area contributed by atoms with Gasteiger partial charge in [0.2, 0.25) is 11.8 Å². The minimum absolute atomic E-state index is 0.0243. The molecule has 0 aliphatic carbocycles. The average molecular weight is 471 g/mol. The van der Waals surface area contributed by atoms with Crippen LogP contribution in [0.3, 0.4) is 0 Å². The second kappa shape index (κ2) is 10.3. The molecule has 2 amide bonds. The summed E-state index contributed by atoms with van der Waals surface area (Å²) in [4.78, 5) is 27.7. The number of amides is 2. The number of halogens is 1. The van der Waals surface area contributed by atoms with Crippen LogP contribution >= 0.6 is 11.6 Å². The van der Waals surface area contributed by atoms with Gasteiger partial charge in [-0.3, -0.25) is 9.59 Å². The van der Waals surface area contributed by atoms with Crippen molar-refractivity contribution in [3.05, 3.63) is 70.7 Å². The number of carbonyl (C=O) groups excluding carboxylic acids is 2. The number of nitrogens with zero attached hydrogens (tertiary/aromatic N) is 1. The number of rotatable bonds is 7. The van der Waals surface area contributed by atoms with Gasteiger partial charge in [-0.1, -0.05) is 81.8 Å². The molecule has 0 spiro atoms. The van der Waals surface area contributed by atoms with Crippen LogP contribution in [0.5, 0.6) is 0 Å². The van der Waals surface area contributed by atoms with E-state index in [0.717, 1.165) is 11.1 Å². The van der Waals surface area contributed by atoms with Gasteiger partial charge in [-0.2, -0.15) is 0 Å². The lowest BCUT2D eigenvalue weighted by Crippen LogP contribution is -2.58. The minimum atomic E-state index is -1.05. The lowest BCUT2D eigenvalue weighted by molar-refractivity contribution is -0.157. The predicted molar refractivity (Wildman–Crippen MR) is 132 cm³/mol. The number of carbonyl (C=O) groups is 2. The van der Waals surface area contributed by atoms with Gasteiger partial charge in [-0.25, -0.2) is 0 Å². The third kappa shape index (κ3) is 5.77. The Labute approximate surface area is 202 Å². The Bertz CT molecular complexity index is 959. The molecule has 0 bridgehead atoms. The molecule has 1 fully saturated rings. The molecule has 2 N–H and O–H groups in total. The quantitative estimate of drug-likeness (QED) is 0.629. The van der Waals surface area contributed by atoms with Gasteiger partial charge in [-0.05, 0) is 35.6 Å². The highest BCUT2D eigenvalue weighted by molar-refractivity contribution is 6.30. The van der Waals surface area contributed by atoms with Crippen LogP contribution < -0.4 is 5.32 Å². The van der Waals surface area contributed by atoms with Crippen molar-refractivity contribution in [3.63, 3.8) is 0 Å². The first-order valence-electron chi connectivity index (χ1n) is 11.6. The molecule has 0 saturated carbocycles. The summed E-state index contributed by atoms with van der Waals surface area (Å²) in [5, 5.41) is 15.2. The Hall–Kier alpha value is -2.37. The van der Waals surface area contributed by atoms with Crippen molar-refractivity contribution in [2.45, 2.75) is 46.1 Å². The number of likely N-dealkylation sites (tertiary alicyclic amines) is 1. The summed E-state index contributed by atoms with van der Waals surface area (Å²) in [6, 6.07) is 16.9. The van der Waals surface area contributed by atoms with Gasteiger partial charge >= 0.3 is 0 Å². The van der Waals surface area contributed by atoms with Crippen molar-refractivity contribution >= 4 is 23.4 Å². The fraction of sp³-hybridized carbons (Fsp3) is 0.481. The van der Waals surface area contributed by atoms with Crippen molar-refractivity contribution in [3.8, 4) is 0 Å². The topological polar surface area (TPSA) is 69.6 Å². The van der Waals surface area contributed by atoms with Crippen molar-refractivity contribution in [2.24, 2.45) is 17.3 Å². The fourth-order valence-corrected chi connectivity index (χ4v) is 4.81. The molecule has 1 aliphatic heterocycles. The lowest BCUT2D eigenvalue weighted by Gasteiger charge is -2.51. The van der Waals surface area contributed by atoms with Gasteiger partial charge in [0.05, 0.1) is 17.9 Å². The number of hydrogen-bond donors (Lipinski definition) is 2. The SMILES string of the molecule is CC(C)[C@@H](CNC(=O)Cc1ccccc1)C(=O)N1CC[C@](O)(c2ccc(Cl)cc2)C(C)(C)C1. The van der Waals surface area contributed by atoms with Crippen LogP contribution in [0.1, 0.15) is 45.2 Å². The standard InChI is InChI=1S/C27H35ClN2O3/c1-19(2)23(17-29-24(31)16-20-8-6-5-7-9-20)25(32)30-15-14-27(33,26(3,4)18-30)21-10-12-22(28)13-11-21/h5-13,19,23,33H,14-18H2,1-4H3,(H,29,31)/t23-,27+/m1/s1. The molecule has 6 heteroatoms. The van der Waals surface area contributed by atoms with Crippen LogP contribution in [0.2, 0.25) is 5.02 Å². The van der Waals surface area contributed by atoms with Gasteiger partial charge in [0, 0.05) is 30.1 Å². The molecule has 178 valence electrons. The number of aliphatic hydroxyl groups is 1. The third-order valence-corrected chi connectivity index (χ3v) is 7.18. The van der Waals surface area contributed by atoms with Crippen molar-refractivity contribution in [2.75, 3.05) is 19.6 Å². The highest BCUT2D eigenvalue weighted by atomic mass is 35.5. The zero-order valence-corrected chi connectivity index (χ0v) is 20.7. The summed E-state index contributed by atoms with van der Waals surface area (Å²) in [7, 11) is 0. The number of nitrogens with one attached hydrogen (secondary N) is 1. The van der Waals surface area contributed by atoms with Gasteiger partial charge in [-0.15, -0.1) is 0 Å². The summed E-state index contributed by atoms with van der Waals surface area (Å²) in [5.41, 5.74) is 0.164. The highest BCUT2D eigenvalue weighted by Crippen LogP contribution is 2.46. The van der Waals surface area contributed by atoms with E-state index >= 15 is 0 Å². The maximum Gasteiger partial charge on any atom is 0.227 e. The number of hydrogen-bond acceptors (Lipinski definition) is 3. The van der Waals surface area contributed by atoms with Gasteiger partial charge in [0.25, 0.3) is 0 Å². The van der Waals surface area contributed by atoms with Gasteiger partial charge < -0.3 is 15.3 Å². The summed E-state index contributed by atoms with van der Waals surface area (Å²) in [6.07, 6.45) is 0.739. The molecule has 1 saturated heterocycles. The van der Waals surface area contributed by atoms with Crippen LogP contribution in [0.25, 0.3) is 0 Å². The molecule has 1 aliphatic rings. The predicted octanol–water partition coefficient (Wildman–Crippen LogP) is 4.42. The zero-order chi connectivity index (χ0) is 24.2.